The van der Waals surface area contributed by atoms with Crippen LogP contribution in [0.3, 0.4) is 0 Å². The number of para-hydroxylation sites is 1. The van der Waals surface area contributed by atoms with Crippen molar-refractivity contribution >= 4 is 10.9 Å². The highest BCUT2D eigenvalue weighted by Gasteiger charge is 2.32. The molecule has 0 saturated heterocycles. The molecule has 2 N–H and O–H groups in total. The fourth-order valence-corrected chi connectivity index (χ4v) is 2.82. The topological polar surface area (TPSA) is 42.2 Å². The van der Waals surface area contributed by atoms with Crippen molar-refractivity contribution in [1.82, 2.24) is 9.88 Å². The lowest BCUT2D eigenvalue weighted by Crippen LogP contribution is -2.39. The zero-order valence-corrected chi connectivity index (χ0v) is 11.4. The molecule has 3 nitrogen and oxygen atoms in total. The lowest BCUT2D eigenvalue weighted by Gasteiger charge is -2.26. The van der Waals surface area contributed by atoms with Gasteiger partial charge in [-0.15, -0.1) is 0 Å². The van der Waals surface area contributed by atoms with E-state index in [1.54, 1.807) is 0 Å². The predicted octanol–water partition coefficient (Wildman–Crippen LogP) is 2.40. The molecule has 19 heavy (non-hydrogen) atoms. The Kier molecular flexibility index (Phi) is 3.49. The summed E-state index contributed by atoms with van der Waals surface area (Å²) in [6.45, 7) is 1.68. The number of benzene rings is 1. The number of nitrogens with two attached hydrogens (primary N) is 1. The van der Waals surface area contributed by atoms with Crippen molar-refractivity contribution in [2.45, 2.75) is 25.4 Å². The molecule has 1 atom stereocenters. The molecule has 1 aliphatic carbocycles. The first-order valence-corrected chi connectivity index (χ1v) is 7.02. The molecule has 1 aliphatic rings. The van der Waals surface area contributed by atoms with Gasteiger partial charge in [-0.1, -0.05) is 18.2 Å². The van der Waals surface area contributed by atoms with E-state index in [0.717, 1.165) is 24.5 Å². The van der Waals surface area contributed by atoms with Gasteiger partial charge in [0.2, 0.25) is 0 Å². The maximum atomic E-state index is 5.90. The van der Waals surface area contributed by atoms with Gasteiger partial charge in [0.25, 0.3) is 0 Å². The molecule has 3 heteroatoms. The normalized spacial score (nSPS) is 17.0. The van der Waals surface area contributed by atoms with E-state index in [9.17, 15) is 0 Å². The van der Waals surface area contributed by atoms with E-state index in [0.29, 0.717) is 6.04 Å². The molecule has 1 aromatic carbocycles. The molecule has 1 fully saturated rings. The lowest BCUT2D eigenvalue weighted by molar-refractivity contribution is 0.215. The average molecular weight is 255 g/mol. The van der Waals surface area contributed by atoms with E-state index in [1.165, 1.54) is 23.8 Å². The van der Waals surface area contributed by atoms with E-state index in [1.807, 2.05) is 12.3 Å². The second-order valence-corrected chi connectivity index (χ2v) is 5.59. The molecule has 3 rings (SSSR count). The lowest BCUT2D eigenvalue weighted by atomic mass is 10.1. The molecule has 1 aromatic heterocycles. The van der Waals surface area contributed by atoms with Crippen molar-refractivity contribution in [1.29, 1.82) is 0 Å². The highest BCUT2D eigenvalue weighted by atomic mass is 15.1. The molecule has 100 valence electrons. The van der Waals surface area contributed by atoms with Crippen LogP contribution in [-0.4, -0.2) is 29.5 Å². The molecule has 0 amide bonds. The minimum Gasteiger partial charge on any atom is -0.329 e. The third kappa shape index (κ3) is 2.77. The van der Waals surface area contributed by atoms with E-state index in [4.69, 9.17) is 5.73 Å². The highest BCUT2D eigenvalue weighted by Crippen LogP contribution is 2.34. The summed E-state index contributed by atoms with van der Waals surface area (Å²) in [7, 11) is 2.17. The first-order chi connectivity index (χ1) is 9.28. The van der Waals surface area contributed by atoms with Crippen molar-refractivity contribution in [3.63, 3.8) is 0 Å². The summed E-state index contributed by atoms with van der Waals surface area (Å²) in [4.78, 5) is 6.90. The van der Waals surface area contributed by atoms with Crippen LogP contribution in [0, 0.1) is 5.92 Å². The Hall–Kier alpha value is -1.45. The van der Waals surface area contributed by atoms with Gasteiger partial charge in [0, 0.05) is 30.7 Å². The van der Waals surface area contributed by atoms with Crippen molar-refractivity contribution in [2.24, 2.45) is 11.7 Å². The molecule has 1 unspecified atom stereocenters. The van der Waals surface area contributed by atoms with Gasteiger partial charge in [0.1, 0.15) is 0 Å². The van der Waals surface area contributed by atoms with Crippen LogP contribution in [0.1, 0.15) is 18.4 Å². The summed E-state index contributed by atoms with van der Waals surface area (Å²) in [5.74, 6) is 0.809. The van der Waals surface area contributed by atoms with Crippen LogP contribution in [0.15, 0.2) is 36.5 Å². The number of fused-ring (bicyclic) bond motifs is 1. The summed E-state index contributed by atoms with van der Waals surface area (Å²) < 4.78 is 0. The molecule has 0 spiro atoms. The van der Waals surface area contributed by atoms with Crippen LogP contribution in [0.5, 0.6) is 0 Å². The van der Waals surface area contributed by atoms with Gasteiger partial charge in [-0.05, 0) is 43.5 Å². The van der Waals surface area contributed by atoms with Gasteiger partial charge in [0.15, 0.2) is 0 Å². The summed E-state index contributed by atoms with van der Waals surface area (Å²) in [5.41, 5.74) is 8.23. The van der Waals surface area contributed by atoms with E-state index in [2.05, 4.69) is 41.2 Å². The largest absolute Gasteiger partial charge is 0.329 e. The van der Waals surface area contributed by atoms with Crippen molar-refractivity contribution in [3.05, 3.63) is 42.1 Å². The Labute approximate surface area is 114 Å². The summed E-state index contributed by atoms with van der Waals surface area (Å²) >= 11 is 0. The Morgan fingerprint density at radius 3 is 2.89 bits per heavy atom. The van der Waals surface area contributed by atoms with Crippen LogP contribution >= 0.6 is 0 Å². The van der Waals surface area contributed by atoms with Gasteiger partial charge in [0.05, 0.1) is 5.52 Å². The maximum Gasteiger partial charge on any atom is 0.0702 e. The molecule has 0 aliphatic heterocycles. The summed E-state index contributed by atoms with van der Waals surface area (Å²) in [6.07, 6.45) is 4.66. The van der Waals surface area contributed by atoms with Crippen LogP contribution in [0.4, 0.5) is 0 Å². The maximum absolute atomic E-state index is 5.90. The number of aromatic nitrogens is 1. The molecule has 1 heterocycles. The van der Waals surface area contributed by atoms with Crippen molar-refractivity contribution in [2.75, 3.05) is 13.6 Å². The van der Waals surface area contributed by atoms with Crippen molar-refractivity contribution in [3.8, 4) is 0 Å². The number of nitrogens with zero attached hydrogens (tertiary/aromatic N) is 2. The van der Waals surface area contributed by atoms with Crippen LogP contribution in [-0.2, 0) is 6.54 Å². The van der Waals surface area contributed by atoms with Crippen LogP contribution in [0.25, 0.3) is 10.9 Å². The van der Waals surface area contributed by atoms with Crippen molar-refractivity contribution < 1.29 is 0 Å². The van der Waals surface area contributed by atoms with Crippen LogP contribution < -0.4 is 5.73 Å². The first kappa shape index (κ1) is 12.6. The average Bonchev–Trinajstić information content (AvgIpc) is 3.24. The molecule has 0 bridgehead atoms. The van der Waals surface area contributed by atoms with Gasteiger partial charge < -0.3 is 5.73 Å². The third-order valence-electron chi connectivity index (χ3n) is 4.05. The number of pyridine rings is 1. The molecular weight excluding hydrogens is 234 g/mol. The molecule has 2 aromatic rings. The Morgan fingerprint density at radius 1 is 1.37 bits per heavy atom. The van der Waals surface area contributed by atoms with Gasteiger partial charge >= 0.3 is 0 Å². The first-order valence-electron chi connectivity index (χ1n) is 7.02. The number of rotatable bonds is 5. The summed E-state index contributed by atoms with van der Waals surface area (Å²) in [5, 5.41) is 1.21. The predicted molar refractivity (Wildman–Crippen MR) is 78.8 cm³/mol. The fraction of sp³-hybridized carbons (Fsp3) is 0.438. The third-order valence-corrected chi connectivity index (χ3v) is 4.05. The van der Waals surface area contributed by atoms with Gasteiger partial charge in [-0.25, -0.2) is 0 Å². The second kappa shape index (κ2) is 5.27. The quantitative estimate of drug-likeness (QED) is 0.892. The van der Waals surface area contributed by atoms with Crippen LogP contribution in [0.2, 0.25) is 0 Å². The van der Waals surface area contributed by atoms with Gasteiger partial charge in [-0.2, -0.15) is 0 Å². The minimum absolute atomic E-state index is 0.520. The number of hydrogen-bond acceptors (Lipinski definition) is 3. The van der Waals surface area contributed by atoms with E-state index < -0.39 is 0 Å². The Balaban J connectivity index is 1.76. The Morgan fingerprint density at radius 2 is 2.16 bits per heavy atom. The highest BCUT2D eigenvalue weighted by molar-refractivity contribution is 5.78. The second-order valence-electron chi connectivity index (χ2n) is 5.59. The summed E-state index contributed by atoms with van der Waals surface area (Å²) in [6, 6.07) is 11.0. The standard InChI is InChI=1S/C16H21N3/c1-19(16(9-17)13-6-7-13)11-12-8-14-4-2-3-5-15(14)18-10-12/h2-5,8,10,13,16H,6-7,9,11,17H2,1H3. The molecule has 0 radical (unpaired) electrons. The molecule has 1 saturated carbocycles. The smallest absolute Gasteiger partial charge is 0.0702 e. The monoisotopic (exact) mass is 255 g/mol. The zero-order chi connectivity index (χ0) is 13.2. The zero-order valence-electron chi connectivity index (χ0n) is 11.4. The number of likely N-dealkylation sites (N-methyl/N-ethyl adjacent to an activating group) is 1. The SMILES string of the molecule is CN(Cc1cnc2ccccc2c1)C(CN)C1CC1. The van der Waals surface area contributed by atoms with E-state index in [-0.39, 0.29) is 0 Å². The fourth-order valence-electron chi connectivity index (χ4n) is 2.82. The number of hydrogen-bond donors (Lipinski definition) is 1. The minimum atomic E-state index is 0.520. The van der Waals surface area contributed by atoms with E-state index >= 15 is 0 Å². The van der Waals surface area contributed by atoms with Gasteiger partial charge in [-0.3, -0.25) is 9.88 Å². The Bertz CT molecular complexity index is 563. The molecular formula is C16H21N3.